The Labute approximate surface area is 110 Å². The van der Waals surface area contributed by atoms with Crippen LogP contribution in [0, 0.1) is 11.8 Å². The van der Waals surface area contributed by atoms with Crippen molar-refractivity contribution >= 4 is 17.8 Å². The van der Waals surface area contributed by atoms with E-state index in [-0.39, 0.29) is 12.5 Å². The van der Waals surface area contributed by atoms with Gasteiger partial charge < -0.3 is 0 Å². The molecule has 1 fully saturated rings. The van der Waals surface area contributed by atoms with Crippen molar-refractivity contribution in [3.63, 3.8) is 0 Å². The summed E-state index contributed by atoms with van der Waals surface area (Å²) in [7, 11) is 1.75. The molecule has 0 aliphatic carbocycles. The van der Waals surface area contributed by atoms with Gasteiger partial charge in [0.15, 0.2) is 0 Å². The number of carbonyl (C=O) groups is 3. The van der Waals surface area contributed by atoms with Crippen molar-refractivity contribution in [2.24, 2.45) is 18.9 Å². The van der Waals surface area contributed by atoms with Gasteiger partial charge in [0, 0.05) is 18.8 Å². The van der Waals surface area contributed by atoms with E-state index in [1.54, 1.807) is 38.0 Å². The first-order valence-corrected chi connectivity index (χ1v) is 6.04. The molecule has 0 saturated carbocycles. The molecule has 1 atom stereocenters. The second-order valence-corrected chi connectivity index (χ2v) is 4.96. The predicted molar refractivity (Wildman–Crippen MR) is 65.6 cm³/mol. The zero-order valence-corrected chi connectivity index (χ0v) is 11.1. The number of aryl methyl sites for hydroxylation is 1. The van der Waals surface area contributed by atoms with Crippen LogP contribution in [-0.4, -0.2) is 32.5 Å². The first-order chi connectivity index (χ1) is 8.90. The predicted octanol–water partition coefficient (Wildman–Crippen LogP) is 0.271. The molecule has 2 heterocycles. The van der Waals surface area contributed by atoms with Crippen molar-refractivity contribution in [3.05, 3.63) is 18.0 Å². The highest BCUT2D eigenvalue weighted by Crippen LogP contribution is 2.20. The molecule has 0 bridgehead atoms. The van der Waals surface area contributed by atoms with Gasteiger partial charge in [-0.05, 0) is 5.92 Å². The van der Waals surface area contributed by atoms with Gasteiger partial charge in [-0.3, -0.25) is 24.5 Å². The van der Waals surface area contributed by atoms with E-state index in [9.17, 15) is 14.4 Å². The maximum Gasteiger partial charge on any atom is 0.331 e. The first-order valence-electron chi connectivity index (χ1n) is 6.04. The Morgan fingerprint density at radius 1 is 1.37 bits per heavy atom. The third kappa shape index (κ3) is 2.49. The van der Waals surface area contributed by atoms with E-state index >= 15 is 0 Å². The molecule has 0 radical (unpaired) electrons. The molecule has 1 saturated heterocycles. The standard InChI is InChI=1S/C12H16N4O3/c1-7(2)9-10(17)14-12(19)16(11(9)18)6-8-4-13-15(3)5-8/h4-5,7,9H,6H2,1-3H3,(H,14,17,19). The van der Waals surface area contributed by atoms with Gasteiger partial charge in [-0.25, -0.2) is 4.79 Å². The van der Waals surface area contributed by atoms with E-state index in [4.69, 9.17) is 0 Å². The highest BCUT2D eigenvalue weighted by Gasteiger charge is 2.41. The lowest BCUT2D eigenvalue weighted by atomic mass is 9.92. The van der Waals surface area contributed by atoms with E-state index in [2.05, 4.69) is 10.4 Å². The Morgan fingerprint density at radius 3 is 2.58 bits per heavy atom. The molecule has 4 amide bonds. The Hall–Kier alpha value is -2.18. The van der Waals surface area contributed by atoms with Gasteiger partial charge in [-0.2, -0.15) is 5.10 Å². The Bertz CT molecular complexity index is 535. The van der Waals surface area contributed by atoms with Crippen molar-refractivity contribution in [1.82, 2.24) is 20.0 Å². The molecular weight excluding hydrogens is 248 g/mol. The number of imide groups is 2. The number of carbonyl (C=O) groups excluding carboxylic acids is 3. The van der Waals surface area contributed by atoms with E-state index in [1.807, 2.05) is 0 Å². The molecule has 0 aromatic carbocycles. The minimum Gasteiger partial charge on any atom is -0.277 e. The summed E-state index contributed by atoms with van der Waals surface area (Å²) in [5.41, 5.74) is 0.739. The van der Waals surface area contributed by atoms with Gasteiger partial charge in [0.2, 0.25) is 11.8 Å². The molecule has 0 spiro atoms. The van der Waals surface area contributed by atoms with Crippen molar-refractivity contribution in [3.8, 4) is 0 Å². The SMILES string of the molecule is CC(C)C1C(=O)NC(=O)N(Cc2cnn(C)c2)C1=O. The molecule has 19 heavy (non-hydrogen) atoms. The average Bonchev–Trinajstić information content (AvgIpc) is 2.69. The lowest BCUT2D eigenvalue weighted by Crippen LogP contribution is -2.58. The maximum absolute atomic E-state index is 12.2. The van der Waals surface area contributed by atoms with Gasteiger partial charge >= 0.3 is 6.03 Å². The van der Waals surface area contributed by atoms with Crippen LogP contribution in [0.25, 0.3) is 0 Å². The van der Waals surface area contributed by atoms with E-state index < -0.39 is 23.8 Å². The number of urea groups is 1. The number of aromatic nitrogens is 2. The summed E-state index contributed by atoms with van der Waals surface area (Å²) in [5.74, 6) is -1.94. The Kier molecular flexibility index (Phi) is 3.37. The summed E-state index contributed by atoms with van der Waals surface area (Å²) in [6, 6.07) is -0.671. The molecule has 7 nitrogen and oxygen atoms in total. The van der Waals surface area contributed by atoms with Gasteiger partial charge in [0.25, 0.3) is 0 Å². The normalized spacial score (nSPS) is 20.1. The Balaban J connectivity index is 2.21. The van der Waals surface area contributed by atoms with Crippen LogP contribution in [0.4, 0.5) is 4.79 Å². The summed E-state index contributed by atoms with van der Waals surface area (Å²) >= 11 is 0. The summed E-state index contributed by atoms with van der Waals surface area (Å²) in [4.78, 5) is 36.7. The summed E-state index contributed by atoms with van der Waals surface area (Å²) in [5, 5.41) is 6.20. The van der Waals surface area contributed by atoms with Crippen LogP contribution in [0.3, 0.4) is 0 Å². The fourth-order valence-electron chi connectivity index (χ4n) is 2.10. The largest absolute Gasteiger partial charge is 0.331 e. The minimum atomic E-state index is -0.811. The third-order valence-corrected chi connectivity index (χ3v) is 3.06. The number of barbiturate groups is 1. The lowest BCUT2D eigenvalue weighted by molar-refractivity contribution is -0.144. The second kappa shape index (κ2) is 4.83. The highest BCUT2D eigenvalue weighted by atomic mass is 16.2. The average molecular weight is 264 g/mol. The second-order valence-electron chi connectivity index (χ2n) is 4.96. The van der Waals surface area contributed by atoms with Gasteiger partial charge in [0.1, 0.15) is 5.92 Å². The highest BCUT2D eigenvalue weighted by molar-refractivity contribution is 6.16. The minimum absolute atomic E-state index is 0.120. The molecule has 2 rings (SSSR count). The zero-order chi connectivity index (χ0) is 14.2. The number of nitrogens with zero attached hydrogens (tertiary/aromatic N) is 3. The van der Waals surface area contributed by atoms with Crippen molar-refractivity contribution in [2.45, 2.75) is 20.4 Å². The summed E-state index contributed by atoms with van der Waals surface area (Å²) < 4.78 is 1.59. The maximum atomic E-state index is 12.2. The van der Waals surface area contributed by atoms with Crippen LogP contribution in [0.1, 0.15) is 19.4 Å². The lowest BCUT2D eigenvalue weighted by Gasteiger charge is -2.31. The topological polar surface area (TPSA) is 84.3 Å². The molecule has 1 aromatic rings. The van der Waals surface area contributed by atoms with Crippen LogP contribution in [0.5, 0.6) is 0 Å². The Morgan fingerprint density at radius 2 is 2.05 bits per heavy atom. The number of nitrogens with one attached hydrogen (secondary N) is 1. The van der Waals surface area contributed by atoms with E-state index in [0.717, 1.165) is 10.5 Å². The molecule has 1 aliphatic rings. The van der Waals surface area contributed by atoms with Gasteiger partial charge in [0.05, 0.1) is 12.7 Å². The van der Waals surface area contributed by atoms with E-state index in [0.29, 0.717) is 0 Å². The number of hydrogen-bond acceptors (Lipinski definition) is 4. The van der Waals surface area contributed by atoms with Crippen molar-refractivity contribution < 1.29 is 14.4 Å². The molecule has 1 N–H and O–H groups in total. The monoisotopic (exact) mass is 264 g/mol. The quantitative estimate of drug-likeness (QED) is 0.794. The smallest absolute Gasteiger partial charge is 0.277 e. The fraction of sp³-hybridized carbons (Fsp3) is 0.500. The number of amides is 4. The van der Waals surface area contributed by atoms with Crippen molar-refractivity contribution in [1.29, 1.82) is 0 Å². The van der Waals surface area contributed by atoms with Crippen LogP contribution in [-0.2, 0) is 23.2 Å². The molecule has 1 aromatic heterocycles. The number of rotatable bonds is 3. The fourth-order valence-corrected chi connectivity index (χ4v) is 2.10. The van der Waals surface area contributed by atoms with E-state index in [1.165, 1.54) is 0 Å². The van der Waals surface area contributed by atoms with Gasteiger partial charge in [-0.15, -0.1) is 0 Å². The molecule has 7 heteroatoms. The van der Waals surface area contributed by atoms with Crippen LogP contribution >= 0.6 is 0 Å². The summed E-state index contributed by atoms with van der Waals surface area (Å²) in [6.07, 6.45) is 3.31. The summed E-state index contributed by atoms with van der Waals surface area (Å²) in [6.45, 7) is 3.68. The molecule has 1 aliphatic heterocycles. The molecule has 102 valence electrons. The van der Waals surface area contributed by atoms with Crippen molar-refractivity contribution in [2.75, 3.05) is 0 Å². The van der Waals surface area contributed by atoms with Crippen LogP contribution < -0.4 is 5.32 Å². The third-order valence-electron chi connectivity index (χ3n) is 3.06. The molecule has 1 unspecified atom stereocenters. The first kappa shape index (κ1) is 13.3. The van der Waals surface area contributed by atoms with Crippen LogP contribution in [0.2, 0.25) is 0 Å². The number of hydrogen-bond donors (Lipinski definition) is 1. The zero-order valence-electron chi connectivity index (χ0n) is 11.1. The molecular formula is C12H16N4O3. The van der Waals surface area contributed by atoms with Gasteiger partial charge in [-0.1, -0.05) is 13.8 Å². The van der Waals surface area contributed by atoms with Crippen LogP contribution in [0.15, 0.2) is 12.4 Å².